The average molecular weight is 696 g/mol. The fourth-order valence-electron chi connectivity index (χ4n) is 5.17. The van der Waals surface area contributed by atoms with Crippen molar-refractivity contribution >= 4 is 51.0 Å². The molecule has 1 N–H and O–H groups in total. The molecular formula is C36H27BrN2O6S. The highest BCUT2D eigenvalue weighted by atomic mass is 79.9. The van der Waals surface area contributed by atoms with Gasteiger partial charge in [-0.25, -0.2) is 14.6 Å². The van der Waals surface area contributed by atoms with Crippen molar-refractivity contribution in [1.82, 2.24) is 4.57 Å². The number of nitrogens with zero attached hydrogens (tertiary/aromatic N) is 2. The number of carboxylic acid groups (broad SMARTS) is 1. The van der Waals surface area contributed by atoms with E-state index in [1.165, 1.54) is 23.5 Å². The molecule has 1 atom stereocenters. The number of hydrogen-bond donors (Lipinski definition) is 1. The molecule has 0 unspecified atom stereocenters. The van der Waals surface area contributed by atoms with Crippen molar-refractivity contribution < 1.29 is 24.2 Å². The second kappa shape index (κ2) is 13.5. The van der Waals surface area contributed by atoms with Crippen LogP contribution in [-0.4, -0.2) is 28.2 Å². The number of halogens is 1. The van der Waals surface area contributed by atoms with Crippen LogP contribution >= 0.6 is 27.3 Å². The Morgan fingerprint density at radius 3 is 2.33 bits per heavy atom. The van der Waals surface area contributed by atoms with Gasteiger partial charge in [0, 0.05) is 5.56 Å². The van der Waals surface area contributed by atoms with Gasteiger partial charge in [0.2, 0.25) is 0 Å². The number of carbonyl (C=O) groups excluding carboxylic acids is 1. The lowest BCUT2D eigenvalue weighted by Gasteiger charge is -2.25. The maximum atomic E-state index is 14.1. The molecule has 0 fully saturated rings. The molecule has 230 valence electrons. The topological polar surface area (TPSA) is 107 Å². The number of rotatable bonds is 9. The Balaban J connectivity index is 1.40. The van der Waals surface area contributed by atoms with Gasteiger partial charge < -0.3 is 14.6 Å². The Morgan fingerprint density at radius 1 is 0.978 bits per heavy atom. The first-order valence-electron chi connectivity index (χ1n) is 14.4. The maximum absolute atomic E-state index is 14.1. The van der Waals surface area contributed by atoms with Crippen molar-refractivity contribution in [3.63, 3.8) is 0 Å². The monoisotopic (exact) mass is 694 g/mol. The van der Waals surface area contributed by atoms with E-state index in [4.69, 9.17) is 19.6 Å². The number of benzene rings is 4. The zero-order valence-corrected chi connectivity index (χ0v) is 27.0. The van der Waals surface area contributed by atoms with Crippen molar-refractivity contribution in [3.05, 3.63) is 161 Å². The predicted octanol–water partition coefficient (Wildman–Crippen LogP) is 5.98. The van der Waals surface area contributed by atoms with Crippen LogP contribution in [0.4, 0.5) is 0 Å². The standard InChI is InChI=1S/C36H27BrN2O6S/c1-2-44-35(43)30-31(24-9-5-3-6-10-24)38-36-39(32(30)25-11-7-4-8-12-25)33(40)29(46-36)20-23-15-18-28(27(37)19-23)45-21-22-13-16-26(17-14-22)34(41)42/h3-20,32H,2,21H2,1H3,(H,41,42)/b29-20+/t32-/m1/s1. The number of esters is 1. The third-order valence-corrected chi connectivity index (χ3v) is 8.94. The van der Waals surface area contributed by atoms with E-state index in [0.717, 1.165) is 22.3 Å². The molecule has 0 amide bonds. The molecule has 0 spiro atoms. The van der Waals surface area contributed by atoms with Crippen LogP contribution in [0.3, 0.4) is 0 Å². The number of ether oxygens (including phenoxy) is 2. The van der Waals surface area contributed by atoms with E-state index < -0.39 is 18.0 Å². The van der Waals surface area contributed by atoms with Gasteiger partial charge >= 0.3 is 11.9 Å². The van der Waals surface area contributed by atoms with Gasteiger partial charge in [-0.3, -0.25) is 9.36 Å². The third kappa shape index (κ3) is 6.35. The molecule has 10 heteroatoms. The summed E-state index contributed by atoms with van der Waals surface area (Å²) in [6.07, 6.45) is 1.79. The molecule has 6 rings (SSSR count). The Kier molecular flexibility index (Phi) is 9.09. The van der Waals surface area contributed by atoms with Crippen LogP contribution in [0.25, 0.3) is 11.8 Å². The second-order valence-electron chi connectivity index (χ2n) is 10.3. The molecule has 1 aliphatic heterocycles. The predicted molar refractivity (Wildman–Crippen MR) is 179 cm³/mol. The van der Waals surface area contributed by atoms with Crippen molar-refractivity contribution in [2.75, 3.05) is 6.61 Å². The van der Waals surface area contributed by atoms with Gasteiger partial charge in [-0.2, -0.15) is 0 Å². The molecule has 1 aromatic heterocycles. The molecule has 0 bridgehead atoms. The quantitative estimate of drug-likeness (QED) is 0.191. The van der Waals surface area contributed by atoms with Gasteiger partial charge in [-0.15, -0.1) is 0 Å². The summed E-state index contributed by atoms with van der Waals surface area (Å²) in [5, 5.41) is 9.11. The fraction of sp³-hybridized carbons (Fsp3) is 0.111. The summed E-state index contributed by atoms with van der Waals surface area (Å²) in [6, 6.07) is 30.1. The van der Waals surface area contributed by atoms with Crippen LogP contribution in [0, 0.1) is 0 Å². The smallest absolute Gasteiger partial charge is 0.338 e. The second-order valence-corrected chi connectivity index (χ2v) is 12.2. The van der Waals surface area contributed by atoms with Crippen LogP contribution in [0.2, 0.25) is 0 Å². The summed E-state index contributed by atoms with van der Waals surface area (Å²) in [7, 11) is 0. The molecule has 0 saturated carbocycles. The van der Waals surface area contributed by atoms with Gasteiger partial charge in [0.15, 0.2) is 4.80 Å². The van der Waals surface area contributed by atoms with Gasteiger partial charge in [-0.1, -0.05) is 90.2 Å². The van der Waals surface area contributed by atoms with Gasteiger partial charge in [0.05, 0.1) is 38.5 Å². The van der Waals surface area contributed by atoms with Gasteiger partial charge in [0.25, 0.3) is 5.56 Å². The fourth-order valence-corrected chi connectivity index (χ4v) is 6.68. The first-order valence-corrected chi connectivity index (χ1v) is 16.0. The Bertz CT molecular complexity index is 2140. The first kappa shape index (κ1) is 30.9. The van der Waals surface area contributed by atoms with Crippen LogP contribution in [0.1, 0.15) is 45.6 Å². The van der Waals surface area contributed by atoms with Crippen LogP contribution in [-0.2, 0) is 16.1 Å². The van der Waals surface area contributed by atoms with Crippen LogP contribution < -0.4 is 19.6 Å². The van der Waals surface area contributed by atoms with Crippen LogP contribution in [0.5, 0.6) is 5.75 Å². The highest BCUT2D eigenvalue weighted by Gasteiger charge is 2.35. The zero-order chi connectivity index (χ0) is 32.2. The van der Waals surface area contributed by atoms with E-state index in [1.54, 1.807) is 35.8 Å². The molecule has 2 heterocycles. The average Bonchev–Trinajstić information content (AvgIpc) is 3.38. The Hall–Kier alpha value is -5.06. The normalized spacial score (nSPS) is 14.4. The highest BCUT2D eigenvalue weighted by molar-refractivity contribution is 9.10. The third-order valence-electron chi connectivity index (χ3n) is 7.34. The Morgan fingerprint density at radius 2 is 1.67 bits per heavy atom. The lowest BCUT2D eigenvalue weighted by atomic mass is 9.93. The van der Waals surface area contributed by atoms with Crippen molar-refractivity contribution in [2.24, 2.45) is 4.99 Å². The molecular weight excluding hydrogens is 668 g/mol. The van der Waals surface area contributed by atoms with E-state index in [2.05, 4.69) is 15.9 Å². The minimum atomic E-state index is -0.982. The summed E-state index contributed by atoms with van der Waals surface area (Å²) < 4.78 is 14.2. The number of carbonyl (C=O) groups is 2. The van der Waals surface area contributed by atoms with Crippen molar-refractivity contribution in [3.8, 4) is 5.75 Å². The van der Waals surface area contributed by atoms with Gasteiger partial charge in [-0.05, 0) is 69.9 Å². The van der Waals surface area contributed by atoms with Crippen molar-refractivity contribution in [1.29, 1.82) is 0 Å². The number of aromatic nitrogens is 1. The van der Waals surface area contributed by atoms with Crippen molar-refractivity contribution in [2.45, 2.75) is 19.6 Å². The summed E-state index contributed by atoms with van der Waals surface area (Å²) >= 11 is 4.83. The van der Waals surface area contributed by atoms with E-state index in [0.29, 0.717) is 30.8 Å². The first-order chi connectivity index (χ1) is 22.3. The summed E-state index contributed by atoms with van der Waals surface area (Å²) in [6.45, 7) is 2.19. The number of fused-ring (bicyclic) bond motifs is 1. The SMILES string of the molecule is CCOC(=O)C1=C(c2ccccc2)N=c2s/c(=C/c3ccc(OCc4ccc(C(=O)O)cc4)c(Br)c3)c(=O)n2[C@@H]1c1ccccc1. The number of thiazole rings is 1. The molecule has 8 nitrogen and oxygen atoms in total. The lowest BCUT2D eigenvalue weighted by molar-refractivity contribution is -0.138. The number of hydrogen-bond acceptors (Lipinski definition) is 7. The molecule has 46 heavy (non-hydrogen) atoms. The summed E-state index contributed by atoms with van der Waals surface area (Å²) in [5.41, 5.74) is 3.83. The molecule has 0 radical (unpaired) electrons. The largest absolute Gasteiger partial charge is 0.488 e. The lowest BCUT2D eigenvalue weighted by Crippen LogP contribution is -2.39. The molecule has 1 aliphatic rings. The number of carboxylic acids is 1. The molecule has 0 saturated heterocycles. The zero-order valence-electron chi connectivity index (χ0n) is 24.6. The molecule has 0 aliphatic carbocycles. The molecule has 5 aromatic rings. The Labute approximate surface area is 276 Å². The number of aromatic carboxylic acids is 1. The van der Waals surface area contributed by atoms with Gasteiger partial charge in [0.1, 0.15) is 12.4 Å². The van der Waals surface area contributed by atoms with Crippen LogP contribution in [0.15, 0.2) is 123 Å². The minimum Gasteiger partial charge on any atom is -0.488 e. The molecule has 4 aromatic carbocycles. The maximum Gasteiger partial charge on any atom is 0.338 e. The highest BCUT2D eigenvalue weighted by Crippen LogP contribution is 2.35. The summed E-state index contributed by atoms with van der Waals surface area (Å²) in [5.74, 6) is -0.910. The van der Waals surface area contributed by atoms with E-state index in [-0.39, 0.29) is 24.3 Å². The van der Waals surface area contributed by atoms with E-state index >= 15 is 0 Å². The summed E-state index contributed by atoms with van der Waals surface area (Å²) in [4.78, 5) is 44.1. The van der Waals surface area contributed by atoms with E-state index in [9.17, 15) is 14.4 Å². The van der Waals surface area contributed by atoms with E-state index in [1.807, 2.05) is 72.8 Å². The minimum absolute atomic E-state index is 0.182.